The lowest BCUT2D eigenvalue weighted by Crippen LogP contribution is -2.31. The molecule has 0 saturated carbocycles. The molecule has 0 aliphatic rings. The molecule has 2 aromatic heterocycles. The van der Waals surface area contributed by atoms with E-state index in [2.05, 4.69) is 10.3 Å². The molecule has 0 aliphatic heterocycles. The summed E-state index contributed by atoms with van der Waals surface area (Å²) in [6, 6.07) is 19.0. The minimum atomic E-state index is -0.450. The topological polar surface area (TPSA) is 60.1 Å². The number of benzene rings is 3. The third-order valence-corrected chi connectivity index (χ3v) is 5.88. The molecule has 5 rings (SSSR count). The number of carbonyl (C=O) groups is 1. The zero-order valence-corrected chi connectivity index (χ0v) is 17.9. The first kappa shape index (κ1) is 19.4. The Bertz CT molecular complexity index is 1420. The highest BCUT2D eigenvalue weighted by Crippen LogP contribution is 2.32. The second kappa shape index (κ2) is 7.60. The van der Waals surface area contributed by atoms with Crippen molar-refractivity contribution in [3.05, 3.63) is 101 Å². The maximum absolute atomic E-state index is 13.4. The normalized spacial score (nSPS) is 12.4. The van der Waals surface area contributed by atoms with Gasteiger partial charge in [0.15, 0.2) is 5.76 Å². The minimum Gasteiger partial charge on any atom is -0.450 e. The molecule has 0 unspecified atom stereocenters. The Hall–Kier alpha value is -3.57. The second-order valence-electron chi connectivity index (χ2n) is 7.57. The quantitative estimate of drug-likeness (QED) is 0.392. The molecule has 0 bridgehead atoms. The van der Waals surface area contributed by atoms with Gasteiger partial charge in [-0.2, -0.15) is 0 Å². The zero-order chi connectivity index (χ0) is 21.5. The molecule has 5 aromatic rings. The van der Waals surface area contributed by atoms with E-state index in [0.29, 0.717) is 10.8 Å². The number of aryl methyl sites for hydroxylation is 2. The van der Waals surface area contributed by atoms with Gasteiger partial charge in [-0.1, -0.05) is 60.1 Å². The first-order chi connectivity index (χ1) is 15.0. The van der Waals surface area contributed by atoms with Gasteiger partial charge in [-0.25, -0.2) is 4.98 Å². The fourth-order valence-electron chi connectivity index (χ4n) is 3.97. The van der Waals surface area contributed by atoms with Crippen LogP contribution in [0.25, 0.3) is 21.7 Å². The molecule has 1 atom stereocenters. The van der Waals surface area contributed by atoms with Crippen molar-refractivity contribution in [2.75, 3.05) is 0 Å². The van der Waals surface area contributed by atoms with Gasteiger partial charge in [-0.3, -0.25) is 4.79 Å². The largest absolute Gasteiger partial charge is 0.450 e. The standard InChI is InChI=1S/C25H20ClN3O2/c1-15-19-12-9-16-5-3-4-6-20(16)23(19)31-22(15)25(30)28-21(24-27-13-14-29(24)2)17-7-10-18(26)11-8-17/h3-14,21H,1-2H3,(H,28,30)/t21-/m1/s1. The van der Waals surface area contributed by atoms with Crippen molar-refractivity contribution in [1.82, 2.24) is 14.9 Å². The van der Waals surface area contributed by atoms with Crippen LogP contribution in [0.2, 0.25) is 5.02 Å². The summed E-state index contributed by atoms with van der Waals surface area (Å²) in [5.74, 6) is 0.732. The van der Waals surface area contributed by atoms with Crippen molar-refractivity contribution in [3.63, 3.8) is 0 Å². The fourth-order valence-corrected chi connectivity index (χ4v) is 4.10. The Morgan fingerprint density at radius 1 is 1.06 bits per heavy atom. The maximum Gasteiger partial charge on any atom is 0.288 e. The van der Waals surface area contributed by atoms with E-state index in [1.54, 1.807) is 18.3 Å². The highest BCUT2D eigenvalue weighted by Gasteiger charge is 2.25. The first-order valence-electron chi connectivity index (χ1n) is 9.97. The number of hydrogen-bond acceptors (Lipinski definition) is 3. The number of amides is 1. The molecule has 3 aromatic carbocycles. The minimum absolute atomic E-state index is 0.291. The van der Waals surface area contributed by atoms with Crippen LogP contribution < -0.4 is 5.32 Å². The van der Waals surface area contributed by atoms with E-state index in [-0.39, 0.29) is 5.91 Å². The molecule has 31 heavy (non-hydrogen) atoms. The molecule has 1 amide bonds. The third kappa shape index (κ3) is 3.37. The molecule has 0 fully saturated rings. The summed E-state index contributed by atoms with van der Waals surface area (Å²) in [6.45, 7) is 1.91. The Kier molecular flexibility index (Phi) is 4.75. The molecule has 0 aliphatic carbocycles. The van der Waals surface area contributed by atoms with E-state index in [9.17, 15) is 4.79 Å². The summed E-state index contributed by atoms with van der Waals surface area (Å²) in [5, 5.41) is 6.73. The van der Waals surface area contributed by atoms with Crippen LogP contribution in [0.4, 0.5) is 0 Å². The summed E-state index contributed by atoms with van der Waals surface area (Å²) in [7, 11) is 1.90. The number of nitrogens with zero attached hydrogens (tertiary/aromatic N) is 2. The predicted octanol–water partition coefficient (Wildman–Crippen LogP) is 5.80. The first-order valence-corrected chi connectivity index (χ1v) is 10.3. The van der Waals surface area contributed by atoms with E-state index >= 15 is 0 Å². The number of nitrogens with one attached hydrogen (secondary N) is 1. The number of furan rings is 1. The van der Waals surface area contributed by atoms with E-state index < -0.39 is 6.04 Å². The molecule has 0 radical (unpaired) electrons. The predicted molar refractivity (Wildman–Crippen MR) is 122 cm³/mol. The van der Waals surface area contributed by atoms with Gasteiger partial charge in [0, 0.05) is 40.8 Å². The van der Waals surface area contributed by atoms with E-state index in [1.807, 2.05) is 73.3 Å². The summed E-state index contributed by atoms with van der Waals surface area (Å²) in [6.07, 6.45) is 3.56. The van der Waals surface area contributed by atoms with Crippen LogP contribution in [0, 0.1) is 6.92 Å². The van der Waals surface area contributed by atoms with Gasteiger partial charge in [-0.15, -0.1) is 0 Å². The third-order valence-electron chi connectivity index (χ3n) is 5.63. The van der Waals surface area contributed by atoms with E-state index in [0.717, 1.165) is 38.7 Å². The molecule has 0 saturated heterocycles. The van der Waals surface area contributed by atoms with Gasteiger partial charge in [0.2, 0.25) is 0 Å². The number of fused-ring (bicyclic) bond motifs is 3. The number of halogens is 1. The summed E-state index contributed by atoms with van der Waals surface area (Å²) < 4.78 is 8.00. The monoisotopic (exact) mass is 429 g/mol. The van der Waals surface area contributed by atoms with Crippen LogP contribution >= 0.6 is 11.6 Å². The van der Waals surface area contributed by atoms with Crippen LogP contribution in [-0.4, -0.2) is 15.5 Å². The molecular weight excluding hydrogens is 410 g/mol. The lowest BCUT2D eigenvalue weighted by atomic mass is 10.0. The summed E-state index contributed by atoms with van der Waals surface area (Å²) >= 11 is 6.06. The molecular formula is C25H20ClN3O2. The zero-order valence-electron chi connectivity index (χ0n) is 17.1. The van der Waals surface area contributed by atoms with Crippen LogP contribution in [0.15, 0.2) is 77.5 Å². The Morgan fingerprint density at radius 2 is 1.84 bits per heavy atom. The van der Waals surface area contributed by atoms with Crippen molar-refractivity contribution >= 4 is 39.2 Å². The van der Waals surface area contributed by atoms with Crippen molar-refractivity contribution < 1.29 is 9.21 Å². The van der Waals surface area contributed by atoms with Crippen molar-refractivity contribution in [2.45, 2.75) is 13.0 Å². The highest BCUT2D eigenvalue weighted by molar-refractivity contribution is 6.30. The Labute approximate surface area is 184 Å². The van der Waals surface area contributed by atoms with E-state index in [4.69, 9.17) is 16.0 Å². The number of carbonyl (C=O) groups excluding carboxylic acids is 1. The van der Waals surface area contributed by atoms with Crippen LogP contribution in [-0.2, 0) is 7.05 Å². The lowest BCUT2D eigenvalue weighted by molar-refractivity contribution is 0.0914. The summed E-state index contributed by atoms with van der Waals surface area (Å²) in [5.41, 5.74) is 2.42. The molecule has 2 heterocycles. The van der Waals surface area contributed by atoms with Crippen LogP contribution in [0.3, 0.4) is 0 Å². The van der Waals surface area contributed by atoms with Gasteiger partial charge in [-0.05, 0) is 30.0 Å². The Balaban J connectivity index is 1.57. The van der Waals surface area contributed by atoms with Crippen molar-refractivity contribution in [2.24, 2.45) is 7.05 Å². The number of rotatable bonds is 4. The SMILES string of the molecule is Cc1c(C(=O)N[C@H](c2ccc(Cl)cc2)c2nccn2C)oc2c1ccc1ccccc12. The van der Waals surface area contributed by atoms with Gasteiger partial charge in [0.1, 0.15) is 17.4 Å². The molecule has 0 spiro atoms. The van der Waals surface area contributed by atoms with Gasteiger partial charge >= 0.3 is 0 Å². The van der Waals surface area contributed by atoms with Gasteiger partial charge < -0.3 is 14.3 Å². The Morgan fingerprint density at radius 3 is 2.58 bits per heavy atom. The van der Waals surface area contributed by atoms with Crippen LogP contribution in [0.5, 0.6) is 0 Å². The summed E-state index contributed by atoms with van der Waals surface area (Å²) in [4.78, 5) is 17.8. The molecule has 5 nitrogen and oxygen atoms in total. The van der Waals surface area contributed by atoms with Crippen LogP contribution in [0.1, 0.15) is 33.5 Å². The van der Waals surface area contributed by atoms with Crippen molar-refractivity contribution in [1.29, 1.82) is 0 Å². The van der Waals surface area contributed by atoms with Crippen molar-refractivity contribution in [3.8, 4) is 0 Å². The molecule has 6 heteroatoms. The average molecular weight is 430 g/mol. The van der Waals surface area contributed by atoms with E-state index in [1.165, 1.54) is 0 Å². The van der Waals surface area contributed by atoms with Gasteiger partial charge in [0.25, 0.3) is 5.91 Å². The average Bonchev–Trinajstić information content (AvgIpc) is 3.36. The lowest BCUT2D eigenvalue weighted by Gasteiger charge is -2.19. The second-order valence-corrected chi connectivity index (χ2v) is 8.01. The maximum atomic E-state index is 13.4. The highest BCUT2D eigenvalue weighted by atomic mass is 35.5. The number of hydrogen-bond donors (Lipinski definition) is 1. The fraction of sp³-hybridized carbons (Fsp3) is 0.120. The number of imidazole rings is 1. The smallest absolute Gasteiger partial charge is 0.288 e. The number of aromatic nitrogens is 2. The molecule has 154 valence electrons. The molecule has 1 N–H and O–H groups in total. The van der Waals surface area contributed by atoms with Gasteiger partial charge in [0.05, 0.1) is 0 Å².